The molecule has 0 aliphatic heterocycles. The third kappa shape index (κ3) is 2.78. The van der Waals surface area contributed by atoms with Gasteiger partial charge in [0.2, 0.25) is 17.2 Å². The van der Waals surface area contributed by atoms with Crippen LogP contribution in [0.4, 0.5) is 17.6 Å². The number of nitrogens with zero attached hydrogens (tertiary/aromatic N) is 4. The average Bonchev–Trinajstić information content (AvgIpc) is 2.31. The van der Waals surface area contributed by atoms with E-state index in [1.54, 1.807) is 43.3 Å². The van der Waals surface area contributed by atoms with Crippen molar-refractivity contribution in [3.63, 3.8) is 0 Å². The number of phenolic OH excluding ortho intramolecular Hbond substituents is 1. The quantitative estimate of drug-likeness (QED) is 0.828. The lowest BCUT2D eigenvalue weighted by Crippen LogP contribution is -2.14. The van der Waals surface area contributed by atoms with Crippen LogP contribution in [0.25, 0.3) is 0 Å². The Bertz CT molecular complexity index is 561. The zero-order valence-corrected chi connectivity index (χ0v) is 10.7. The molecular weight excluding hydrogens is 254 g/mol. The zero-order chi connectivity index (χ0) is 13.1. The van der Waals surface area contributed by atoms with Crippen LogP contribution in [0.3, 0.4) is 0 Å². The lowest BCUT2D eigenvalue weighted by molar-refractivity contribution is 0.477. The average molecular weight is 266 g/mol. The van der Waals surface area contributed by atoms with Gasteiger partial charge in [-0.2, -0.15) is 15.0 Å². The minimum Gasteiger partial charge on any atom is -0.506 e. The third-order valence-electron chi connectivity index (χ3n) is 2.15. The lowest BCUT2D eigenvalue weighted by Gasteiger charge is -2.12. The Morgan fingerprint density at radius 3 is 2.56 bits per heavy atom. The van der Waals surface area contributed by atoms with Crippen molar-refractivity contribution in [2.45, 2.75) is 0 Å². The normalized spacial score (nSPS) is 10.2. The zero-order valence-electron chi connectivity index (χ0n) is 9.92. The number of aromatic hydroxyl groups is 1. The number of para-hydroxylation sites is 2. The summed E-state index contributed by atoms with van der Waals surface area (Å²) >= 11 is 5.81. The molecule has 0 radical (unpaired) electrons. The van der Waals surface area contributed by atoms with Gasteiger partial charge in [-0.15, -0.1) is 0 Å². The maximum atomic E-state index is 9.64. The summed E-state index contributed by atoms with van der Waals surface area (Å²) in [5.41, 5.74) is 0.504. The Labute approximate surface area is 109 Å². The second-order valence-electron chi connectivity index (χ2n) is 3.76. The molecule has 18 heavy (non-hydrogen) atoms. The summed E-state index contributed by atoms with van der Waals surface area (Å²) in [4.78, 5) is 13.8. The van der Waals surface area contributed by atoms with Gasteiger partial charge >= 0.3 is 0 Å². The second kappa shape index (κ2) is 5.05. The van der Waals surface area contributed by atoms with Gasteiger partial charge in [-0.25, -0.2) is 0 Å². The minimum atomic E-state index is 0.0895. The van der Waals surface area contributed by atoms with Crippen molar-refractivity contribution in [3.05, 3.63) is 29.5 Å². The molecule has 0 aliphatic carbocycles. The van der Waals surface area contributed by atoms with Crippen molar-refractivity contribution in [3.8, 4) is 5.75 Å². The summed E-state index contributed by atoms with van der Waals surface area (Å²) in [6.45, 7) is 0. The number of anilines is 3. The van der Waals surface area contributed by atoms with E-state index in [0.29, 0.717) is 11.6 Å². The molecule has 1 heterocycles. The van der Waals surface area contributed by atoms with Crippen molar-refractivity contribution in [2.24, 2.45) is 0 Å². The summed E-state index contributed by atoms with van der Waals surface area (Å²) in [5.74, 6) is 0.827. The van der Waals surface area contributed by atoms with Gasteiger partial charge in [-0.05, 0) is 23.7 Å². The van der Waals surface area contributed by atoms with Gasteiger partial charge in [-0.1, -0.05) is 12.1 Å². The smallest absolute Gasteiger partial charge is 0.233 e. The van der Waals surface area contributed by atoms with Gasteiger partial charge < -0.3 is 15.3 Å². The van der Waals surface area contributed by atoms with E-state index in [9.17, 15) is 5.11 Å². The fraction of sp³-hybridized carbons (Fsp3) is 0.182. The van der Waals surface area contributed by atoms with Crippen molar-refractivity contribution in [2.75, 3.05) is 24.3 Å². The molecule has 6 nitrogen and oxygen atoms in total. The molecule has 2 rings (SSSR count). The molecule has 94 valence electrons. The van der Waals surface area contributed by atoms with E-state index < -0.39 is 0 Å². The molecule has 0 saturated heterocycles. The second-order valence-corrected chi connectivity index (χ2v) is 4.10. The molecule has 0 atom stereocenters. The van der Waals surface area contributed by atoms with E-state index in [2.05, 4.69) is 20.3 Å². The van der Waals surface area contributed by atoms with E-state index >= 15 is 0 Å². The van der Waals surface area contributed by atoms with Crippen LogP contribution in [0.2, 0.25) is 5.28 Å². The fourth-order valence-corrected chi connectivity index (χ4v) is 1.45. The predicted octanol–water partition coefficient (Wildman–Crippen LogP) is 2.04. The highest BCUT2D eigenvalue weighted by molar-refractivity contribution is 6.28. The standard InChI is InChI=1S/C11H12ClN5O/c1-17(2)11-15-9(12)14-10(16-11)13-7-5-3-4-6-8(7)18/h3-6,18H,1-2H3,(H,13,14,15,16). The highest BCUT2D eigenvalue weighted by Crippen LogP contribution is 2.25. The molecule has 2 N–H and O–H groups in total. The third-order valence-corrected chi connectivity index (χ3v) is 2.32. The summed E-state index contributed by atoms with van der Waals surface area (Å²) in [7, 11) is 3.60. The van der Waals surface area contributed by atoms with E-state index in [1.165, 1.54) is 0 Å². The van der Waals surface area contributed by atoms with Crippen LogP contribution >= 0.6 is 11.6 Å². The van der Waals surface area contributed by atoms with Crippen molar-refractivity contribution in [1.29, 1.82) is 0 Å². The number of halogens is 1. The molecule has 0 unspecified atom stereocenters. The number of rotatable bonds is 3. The van der Waals surface area contributed by atoms with E-state index in [-0.39, 0.29) is 17.0 Å². The Kier molecular flexibility index (Phi) is 3.47. The number of benzene rings is 1. The minimum absolute atomic E-state index is 0.0895. The summed E-state index contributed by atoms with van der Waals surface area (Å²) in [6, 6.07) is 6.80. The van der Waals surface area contributed by atoms with Crippen molar-refractivity contribution >= 4 is 29.2 Å². The van der Waals surface area contributed by atoms with Crippen LogP contribution in [0, 0.1) is 0 Å². The van der Waals surface area contributed by atoms with Crippen LogP contribution in [0.15, 0.2) is 24.3 Å². The molecule has 7 heteroatoms. The highest BCUT2D eigenvalue weighted by Gasteiger charge is 2.08. The van der Waals surface area contributed by atoms with Crippen molar-refractivity contribution < 1.29 is 5.11 Å². The molecule has 0 aliphatic rings. The number of phenols is 1. The maximum Gasteiger partial charge on any atom is 0.233 e. The highest BCUT2D eigenvalue weighted by atomic mass is 35.5. The summed E-state index contributed by atoms with van der Waals surface area (Å²) < 4.78 is 0. The van der Waals surface area contributed by atoms with Gasteiger partial charge in [0, 0.05) is 14.1 Å². The molecular formula is C11H12ClN5O. The van der Waals surface area contributed by atoms with Crippen LogP contribution in [0.5, 0.6) is 5.75 Å². The van der Waals surface area contributed by atoms with Gasteiger partial charge in [-0.3, -0.25) is 0 Å². The molecule has 0 bridgehead atoms. The van der Waals surface area contributed by atoms with Gasteiger partial charge in [0.1, 0.15) is 5.75 Å². The number of hydrogen-bond donors (Lipinski definition) is 2. The first-order chi connectivity index (χ1) is 8.56. The van der Waals surface area contributed by atoms with Gasteiger partial charge in [0.15, 0.2) is 0 Å². The van der Waals surface area contributed by atoms with Crippen LogP contribution in [0.1, 0.15) is 0 Å². The molecule has 1 aromatic heterocycles. The number of nitrogens with one attached hydrogen (secondary N) is 1. The molecule has 2 aromatic rings. The molecule has 0 saturated carbocycles. The fourth-order valence-electron chi connectivity index (χ4n) is 1.30. The van der Waals surface area contributed by atoms with Crippen LogP contribution in [-0.4, -0.2) is 34.2 Å². The van der Waals surface area contributed by atoms with Crippen LogP contribution in [-0.2, 0) is 0 Å². The first-order valence-corrected chi connectivity index (χ1v) is 5.58. The first-order valence-electron chi connectivity index (χ1n) is 5.20. The molecule has 1 aromatic carbocycles. The predicted molar refractivity (Wildman–Crippen MR) is 70.6 cm³/mol. The first kappa shape index (κ1) is 12.4. The maximum absolute atomic E-state index is 9.64. The summed E-state index contributed by atoms with van der Waals surface area (Å²) in [5, 5.41) is 12.6. The van der Waals surface area contributed by atoms with Crippen molar-refractivity contribution in [1.82, 2.24) is 15.0 Å². The largest absolute Gasteiger partial charge is 0.506 e. The Morgan fingerprint density at radius 1 is 1.17 bits per heavy atom. The van der Waals surface area contributed by atoms with Crippen LogP contribution < -0.4 is 10.2 Å². The van der Waals surface area contributed by atoms with E-state index in [4.69, 9.17) is 11.6 Å². The molecule has 0 amide bonds. The van der Waals surface area contributed by atoms with E-state index in [1.807, 2.05) is 0 Å². The van der Waals surface area contributed by atoms with E-state index in [0.717, 1.165) is 0 Å². The summed E-state index contributed by atoms with van der Waals surface area (Å²) in [6.07, 6.45) is 0. The van der Waals surface area contributed by atoms with Gasteiger partial charge in [0.25, 0.3) is 0 Å². The molecule has 0 spiro atoms. The number of aromatic nitrogens is 3. The number of hydrogen-bond acceptors (Lipinski definition) is 6. The molecule has 0 fully saturated rings. The monoisotopic (exact) mass is 265 g/mol. The Balaban J connectivity index is 2.32. The topological polar surface area (TPSA) is 74.2 Å². The SMILES string of the molecule is CN(C)c1nc(Cl)nc(Nc2ccccc2O)n1. The van der Waals surface area contributed by atoms with Gasteiger partial charge in [0.05, 0.1) is 5.69 Å². The Hall–Kier alpha value is -2.08. The Morgan fingerprint density at radius 2 is 1.89 bits per heavy atom. The lowest BCUT2D eigenvalue weighted by atomic mass is 10.3.